The van der Waals surface area contributed by atoms with Crippen LogP contribution in [0.15, 0.2) is 42.5 Å². The van der Waals surface area contributed by atoms with Crippen molar-refractivity contribution in [3.8, 4) is 0 Å². The molecular formula is C20H18N2O4. The molecule has 2 aliphatic heterocycles. The maximum Gasteiger partial charge on any atom is 0.262 e. The minimum Gasteiger partial charge on any atom is -0.388 e. The van der Waals surface area contributed by atoms with Crippen molar-refractivity contribution in [3.63, 3.8) is 0 Å². The Kier molecular flexibility index (Phi) is 3.85. The highest BCUT2D eigenvalue weighted by Crippen LogP contribution is 2.36. The van der Waals surface area contributed by atoms with Crippen molar-refractivity contribution in [1.29, 1.82) is 0 Å². The number of aliphatic hydroxyl groups is 1. The van der Waals surface area contributed by atoms with Crippen molar-refractivity contribution in [2.24, 2.45) is 0 Å². The third-order valence-electron chi connectivity index (χ3n) is 5.00. The van der Waals surface area contributed by atoms with E-state index in [1.165, 1.54) is 0 Å². The molecule has 6 heteroatoms. The van der Waals surface area contributed by atoms with Gasteiger partial charge in [-0.1, -0.05) is 30.3 Å². The number of para-hydroxylation sites is 1. The van der Waals surface area contributed by atoms with Gasteiger partial charge in [0, 0.05) is 12.1 Å². The summed E-state index contributed by atoms with van der Waals surface area (Å²) in [6.07, 6.45) is -0.196. The van der Waals surface area contributed by atoms with Gasteiger partial charge in [-0.2, -0.15) is 0 Å². The summed E-state index contributed by atoms with van der Waals surface area (Å²) in [7, 11) is 0. The van der Waals surface area contributed by atoms with E-state index in [0.717, 1.165) is 10.5 Å². The molecule has 0 aromatic heterocycles. The van der Waals surface area contributed by atoms with Crippen molar-refractivity contribution in [2.75, 3.05) is 18.0 Å². The van der Waals surface area contributed by atoms with E-state index >= 15 is 0 Å². The highest BCUT2D eigenvalue weighted by molar-refractivity contribution is 6.22. The lowest BCUT2D eigenvalue weighted by atomic mass is 9.95. The largest absolute Gasteiger partial charge is 0.388 e. The summed E-state index contributed by atoms with van der Waals surface area (Å²) in [4.78, 5) is 40.5. The van der Waals surface area contributed by atoms with Crippen LogP contribution >= 0.6 is 0 Å². The minimum atomic E-state index is -0.617. The zero-order valence-electron chi connectivity index (χ0n) is 14.3. The van der Waals surface area contributed by atoms with Gasteiger partial charge in [-0.25, -0.2) is 0 Å². The maximum atomic E-state index is 12.9. The van der Waals surface area contributed by atoms with Crippen LogP contribution in [0.3, 0.4) is 0 Å². The molecule has 0 saturated heterocycles. The first-order valence-electron chi connectivity index (χ1n) is 8.52. The topological polar surface area (TPSA) is 77.9 Å². The van der Waals surface area contributed by atoms with Crippen LogP contribution in [0.1, 0.15) is 44.4 Å². The third-order valence-corrected chi connectivity index (χ3v) is 5.00. The Hall–Kier alpha value is -2.99. The highest BCUT2D eigenvalue weighted by atomic mass is 16.3. The zero-order valence-corrected chi connectivity index (χ0v) is 14.3. The van der Waals surface area contributed by atoms with Crippen LogP contribution < -0.4 is 4.90 Å². The molecule has 4 rings (SSSR count). The van der Waals surface area contributed by atoms with E-state index in [0.29, 0.717) is 35.3 Å². The summed E-state index contributed by atoms with van der Waals surface area (Å²) in [5.41, 5.74) is 2.91. The van der Waals surface area contributed by atoms with Crippen LogP contribution in [0.5, 0.6) is 0 Å². The quantitative estimate of drug-likeness (QED) is 0.841. The summed E-state index contributed by atoms with van der Waals surface area (Å²) in [5, 5.41) is 10.2. The molecule has 3 amide bonds. The molecule has 0 fully saturated rings. The van der Waals surface area contributed by atoms with Crippen molar-refractivity contribution >= 4 is 23.4 Å². The van der Waals surface area contributed by atoms with Crippen molar-refractivity contribution in [1.82, 2.24) is 4.90 Å². The number of aryl methyl sites for hydroxylation is 1. The second kappa shape index (κ2) is 6.07. The van der Waals surface area contributed by atoms with Crippen LogP contribution in [0.4, 0.5) is 5.69 Å². The fourth-order valence-electron chi connectivity index (χ4n) is 3.69. The second-order valence-electron chi connectivity index (χ2n) is 6.60. The van der Waals surface area contributed by atoms with Crippen LogP contribution in [0, 0.1) is 6.92 Å². The number of carbonyl (C=O) groups is 3. The average Bonchev–Trinajstić information content (AvgIpc) is 2.88. The monoisotopic (exact) mass is 350 g/mol. The molecule has 0 aliphatic carbocycles. The Balaban J connectivity index is 1.62. The van der Waals surface area contributed by atoms with E-state index in [-0.39, 0.29) is 12.5 Å². The van der Waals surface area contributed by atoms with E-state index < -0.39 is 17.9 Å². The van der Waals surface area contributed by atoms with Gasteiger partial charge >= 0.3 is 0 Å². The Morgan fingerprint density at radius 1 is 1.08 bits per heavy atom. The molecule has 2 aromatic rings. The standard InChI is InChI=1S/C20H18N2O4/c1-12-5-4-8-15-16(23)9-10-21(18(12)15)17(24)11-22-19(25)13-6-2-3-7-14(13)20(22)26/h2-8,16,23H,9-11H2,1H3. The molecule has 0 radical (unpaired) electrons. The average molecular weight is 350 g/mol. The lowest BCUT2D eigenvalue weighted by Gasteiger charge is -2.34. The van der Waals surface area contributed by atoms with Gasteiger partial charge in [0.15, 0.2) is 0 Å². The van der Waals surface area contributed by atoms with Crippen LogP contribution in [-0.4, -0.2) is 40.8 Å². The van der Waals surface area contributed by atoms with Crippen LogP contribution in [0.25, 0.3) is 0 Å². The van der Waals surface area contributed by atoms with E-state index in [9.17, 15) is 19.5 Å². The molecule has 26 heavy (non-hydrogen) atoms. The Bertz CT molecular complexity index is 902. The zero-order chi connectivity index (χ0) is 18.4. The first kappa shape index (κ1) is 16.5. The molecule has 2 aliphatic rings. The summed E-state index contributed by atoms with van der Waals surface area (Å²) in [5.74, 6) is -1.22. The summed E-state index contributed by atoms with van der Waals surface area (Å²) in [6, 6.07) is 12.1. The molecule has 1 N–H and O–H groups in total. The van der Waals surface area contributed by atoms with Crippen LogP contribution in [-0.2, 0) is 4.79 Å². The number of hydrogen-bond donors (Lipinski definition) is 1. The van der Waals surface area contributed by atoms with Gasteiger partial charge in [0.05, 0.1) is 22.9 Å². The molecule has 0 saturated carbocycles. The van der Waals surface area contributed by atoms with Gasteiger partial charge in [-0.15, -0.1) is 0 Å². The van der Waals surface area contributed by atoms with Crippen molar-refractivity contribution in [3.05, 3.63) is 64.7 Å². The number of amides is 3. The number of benzene rings is 2. The van der Waals surface area contributed by atoms with Gasteiger partial charge in [-0.3, -0.25) is 19.3 Å². The number of anilines is 1. The van der Waals surface area contributed by atoms with E-state index in [1.807, 2.05) is 19.1 Å². The Labute approximate surface area is 150 Å². The maximum absolute atomic E-state index is 12.9. The van der Waals surface area contributed by atoms with Crippen molar-refractivity contribution in [2.45, 2.75) is 19.4 Å². The Morgan fingerprint density at radius 3 is 2.38 bits per heavy atom. The summed E-state index contributed by atoms with van der Waals surface area (Å²) < 4.78 is 0. The Morgan fingerprint density at radius 2 is 1.73 bits per heavy atom. The first-order valence-corrected chi connectivity index (χ1v) is 8.52. The van der Waals surface area contributed by atoms with Crippen LogP contribution in [0.2, 0.25) is 0 Å². The number of fused-ring (bicyclic) bond motifs is 2. The van der Waals surface area contributed by atoms with Gasteiger partial charge in [-0.05, 0) is 31.0 Å². The second-order valence-corrected chi connectivity index (χ2v) is 6.60. The van der Waals surface area contributed by atoms with E-state index in [1.54, 1.807) is 35.2 Å². The number of imide groups is 1. The lowest BCUT2D eigenvalue weighted by molar-refractivity contribution is -0.119. The fourth-order valence-corrected chi connectivity index (χ4v) is 3.69. The smallest absolute Gasteiger partial charge is 0.262 e. The predicted molar refractivity (Wildman–Crippen MR) is 94.9 cm³/mol. The lowest BCUT2D eigenvalue weighted by Crippen LogP contribution is -2.45. The summed E-state index contributed by atoms with van der Waals surface area (Å²) in [6.45, 7) is 1.91. The molecule has 1 atom stereocenters. The van der Waals surface area contributed by atoms with E-state index in [2.05, 4.69) is 0 Å². The summed E-state index contributed by atoms with van der Waals surface area (Å²) >= 11 is 0. The molecule has 6 nitrogen and oxygen atoms in total. The highest BCUT2D eigenvalue weighted by Gasteiger charge is 2.38. The fraction of sp³-hybridized carbons (Fsp3) is 0.250. The third kappa shape index (κ3) is 2.42. The number of aliphatic hydroxyl groups excluding tert-OH is 1. The normalized spacial score (nSPS) is 18.8. The number of rotatable bonds is 2. The molecule has 132 valence electrons. The number of hydrogen-bond acceptors (Lipinski definition) is 4. The number of nitrogens with zero attached hydrogens (tertiary/aromatic N) is 2. The van der Waals surface area contributed by atoms with E-state index in [4.69, 9.17) is 0 Å². The SMILES string of the molecule is Cc1cccc2c1N(C(=O)CN1C(=O)c3ccccc3C1=O)CCC2O. The molecule has 0 spiro atoms. The minimum absolute atomic E-state index is 0.309. The van der Waals surface area contributed by atoms with Gasteiger partial charge in [0.2, 0.25) is 5.91 Å². The molecule has 1 unspecified atom stereocenters. The molecule has 0 bridgehead atoms. The van der Waals surface area contributed by atoms with Gasteiger partial charge < -0.3 is 10.0 Å². The molecular weight excluding hydrogens is 332 g/mol. The predicted octanol–water partition coefficient (Wildman–Crippen LogP) is 2.06. The molecule has 2 aromatic carbocycles. The van der Waals surface area contributed by atoms with Crippen molar-refractivity contribution < 1.29 is 19.5 Å². The number of carbonyl (C=O) groups excluding carboxylic acids is 3. The van der Waals surface area contributed by atoms with Gasteiger partial charge in [0.1, 0.15) is 6.54 Å². The van der Waals surface area contributed by atoms with Gasteiger partial charge in [0.25, 0.3) is 11.8 Å². The molecule has 2 heterocycles. The first-order chi connectivity index (χ1) is 12.5.